The maximum Gasteiger partial charge on any atom is 0.187 e. The van der Waals surface area contributed by atoms with E-state index >= 15 is 0 Å². The van der Waals surface area contributed by atoms with Gasteiger partial charge in [0.15, 0.2) is 44.0 Å². The van der Waals surface area contributed by atoms with Gasteiger partial charge in [0.25, 0.3) is 0 Å². The van der Waals surface area contributed by atoms with Crippen LogP contribution in [0.4, 0.5) is 0 Å². The molecule has 91 heavy (non-hydrogen) atoms. The summed E-state index contributed by atoms with van der Waals surface area (Å²) in [6.45, 7) is -4.84. The Morgan fingerprint density at radius 2 is 0.264 bits per heavy atom. The van der Waals surface area contributed by atoms with Gasteiger partial charge in [0, 0.05) is 99.5 Å². The third kappa shape index (κ3) is 15.3. The van der Waals surface area contributed by atoms with Crippen LogP contribution >= 0.6 is 0 Å². The van der Waals surface area contributed by atoms with Gasteiger partial charge in [-0.3, -0.25) is 0 Å². The Bertz CT molecular complexity index is 1690. The Balaban J connectivity index is 1.19. The lowest BCUT2D eigenvalue weighted by Crippen LogP contribution is -2.69. The van der Waals surface area contributed by atoms with Gasteiger partial charge in [-0.15, -0.1) is 0 Å². The predicted molar refractivity (Wildman–Crippen MR) is 295 cm³/mol. The highest BCUT2D eigenvalue weighted by Gasteiger charge is 2.62. The van der Waals surface area contributed by atoms with Gasteiger partial charge in [0.1, 0.15) is 171 Å². The first kappa shape index (κ1) is 75.4. The van der Waals surface area contributed by atoms with Crippen molar-refractivity contribution in [3.8, 4) is 0 Å². The van der Waals surface area contributed by atoms with E-state index in [0.29, 0.717) is 0 Å². The zero-order valence-corrected chi connectivity index (χ0v) is 53.7. The molecule has 21 saturated heterocycles. The largest absolute Gasteiger partial charge is 0.394 e. The molecule has 14 bridgehead atoms. The molecule has 35 heteroatoms. The number of hydrogen-bond acceptors (Lipinski definition) is 35. The molecule has 21 rings (SSSR count). The van der Waals surface area contributed by atoms with E-state index in [1.165, 1.54) is 99.5 Å². The third-order valence-electron chi connectivity index (χ3n) is 18.2. The molecule has 0 spiro atoms. The second kappa shape index (κ2) is 35.4. The fourth-order valence-corrected chi connectivity index (χ4v) is 13.8. The summed E-state index contributed by atoms with van der Waals surface area (Å²) in [7, 11) is 19.2. The van der Waals surface area contributed by atoms with Gasteiger partial charge < -0.3 is 168 Å². The van der Waals surface area contributed by atoms with Gasteiger partial charge in [0.2, 0.25) is 0 Å². The molecule has 21 aliphatic rings. The van der Waals surface area contributed by atoms with Crippen molar-refractivity contribution < 1.29 is 168 Å². The molecule has 0 radical (unpaired) electrons. The molecule has 532 valence electrons. The number of aliphatic hydroxyl groups excluding tert-OH is 7. The van der Waals surface area contributed by atoms with Crippen LogP contribution in [0.2, 0.25) is 0 Å². The molecule has 0 aromatic heterocycles. The highest BCUT2D eigenvalue weighted by molar-refractivity contribution is 5.04. The summed E-state index contributed by atoms with van der Waals surface area (Å²) in [6.07, 6.45) is -43.5. The SMILES string of the molecule is COC1[C@@H](OC)[C@H]2O[C@H]3[C@@H](OC)[C@@H](OC)[C@@H](O[C@H]4[C@@H](OC)[C@@H](OC)[C@@H](O[C@H]5[C@H](OC)[C@@H](OC)[C@@H](O[C@H]6[C@@H](OC)[C@@H](OC)[C@@H](O[C@H]7[C@H](OC)[C@@H](OC)[C@@H](O[C@H]8[C@H](OC)[C@@H](OC)[C@H](O[C@@H]8CO)O[C@@H]1[C@@H](CO)O2)O[C@@H]7CO)O[C@@H]6CO)O[C@@H]5CO)O[C@@H]4CO)O[C@@H]3CO. The average molecular weight is 1330 g/mol. The molecule has 0 aromatic rings. The molecule has 7 N–H and O–H groups in total. The number of methoxy groups -OCH3 is 14. The summed E-state index contributed by atoms with van der Waals surface area (Å²) >= 11 is 0. The lowest BCUT2D eigenvalue weighted by atomic mass is 9.94. The Hall–Kier alpha value is -1.40. The summed E-state index contributed by atoms with van der Waals surface area (Å²) in [5.41, 5.74) is 0. The standard InChI is InChI=1S/C56H98O35/c1-64-36-29-22(15-57)78-50(43(36)71-8)86-30-23(16-58)80-52(45(73-10)37(30)65-2)88-32-25(18-60)82-54(47(75-12)39(32)67-4)90-34-27(20-62)84-56(49(77-14)41(34)69-6)91-35-28(21-63)83-55(48(76-13)42(35)70-7)89-33-26(19-61)81-53(46(74-11)40(33)68-5)87-31-24(17-59)79-51(85-29)44(72-9)38(31)66-3/h22-63H,15-21H2,1-14H3/t22-,23-,24-,25-,26-,27-,28-,29-,30-,31-,32-,33-,34-,35-,36-,37-,38?,39+,40+,41-,42+,43-,44-,45-,46-,47-,48-,49-,50-,51-,52-,53-,54-,55-,56-/m1/s1. The summed E-state index contributed by atoms with van der Waals surface area (Å²) in [6, 6.07) is 0. The molecular formula is C56H98O35. The minimum Gasteiger partial charge on any atom is -0.394 e. The number of hydrogen-bond donors (Lipinski definition) is 7. The molecule has 21 fully saturated rings. The fraction of sp³-hybridized carbons (Fsp3) is 1.00. The molecule has 0 saturated carbocycles. The smallest absolute Gasteiger partial charge is 0.187 e. The van der Waals surface area contributed by atoms with Crippen LogP contribution in [0.15, 0.2) is 0 Å². The van der Waals surface area contributed by atoms with Crippen LogP contribution in [0.1, 0.15) is 0 Å². The molecule has 35 atom stereocenters. The summed E-state index contributed by atoms with van der Waals surface area (Å²) in [5, 5.41) is 77.6. The highest BCUT2D eigenvalue weighted by Crippen LogP contribution is 2.42. The number of rotatable bonds is 21. The van der Waals surface area contributed by atoms with E-state index < -0.39 is 261 Å². The summed E-state index contributed by atoms with van der Waals surface area (Å²) < 4.78 is 177. The van der Waals surface area contributed by atoms with E-state index in [1.807, 2.05) is 0 Å². The van der Waals surface area contributed by atoms with Gasteiger partial charge in [-0.05, 0) is 0 Å². The van der Waals surface area contributed by atoms with Gasteiger partial charge in [-0.1, -0.05) is 0 Å². The minimum atomic E-state index is -1.41. The summed E-state index contributed by atoms with van der Waals surface area (Å²) in [4.78, 5) is 0. The van der Waals surface area contributed by atoms with E-state index in [4.69, 9.17) is 133 Å². The summed E-state index contributed by atoms with van der Waals surface area (Å²) in [5.74, 6) is 0. The maximum atomic E-state index is 11.1. The monoisotopic (exact) mass is 1330 g/mol. The van der Waals surface area contributed by atoms with Crippen molar-refractivity contribution in [2.75, 3.05) is 146 Å². The second-order valence-electron chi connectivity index (χ2n) is 22.6. The Morgan fingerprint density at radius 3 is 0.341 bits per heavy atom. The van der Waals surface area contributed by atoms with Crippen molar-refractivity contribution in [3.63, 3.8) is 0 Å². The van der Waals surface area contributed by atoms with Crippen molar-refractivity contribution in [2.24, 2.45) is 0 Å². The zero-order chi connectivity index (χ0) is 66.0. The van der Waals surface area contributed by atoms with E-state index in [2.05, 4.69) is 0 Å². The molecule has 0 aromatic carbocycles. The topological polar surface area (TPSA) is 400 Å². The van der Waals surface area contributed by atoms with Crippen LogP contribution in [0.5, 0.6) is 0 Å². The molecule has 0 aliphatic carbocycles. The number of aliphatic hydroxyl groups is 7. The highest BCUT2D eigenvalue weighted by atomic mass is 16.8. The van der Waals surface area contributed by atoms with Crippen LogP contribution in [-0.2, 0) is 133 Å². The van der Waals surface area contributed by atoms with Crippen molar-refractivity contribution in [1.29, 1.82) is 0 Å². The Labute approximate surface area is 528 Å². The molecule has 0 amide bonds. The Kier molecular flexibility index (Phi) is 29.3. The van der Waals surface area contributed by atoms with E-state index in [9.17, 15) is 35.7 Å². The van der Waals surface area contributed by atoms with Crippen molar-refractivity contribution in [2.45, 2.75) is 215 Å². The molecular weight excluding hydrogens is 1230 g/mol. The van der Waals surface area contributed by atoms with Crippen molar-refractivity contribution in [3.05, 3.63) is 0 Å². The van der Waals surface area contributed by atoms with Gasteiger partial charge in [-0.2, -0.15) is 0 Å². The predicted octanol–water partition coefficient (Wildman–Crippen LogP) is -6.07. The molecule has 1 unspecified atom stereocenters. The zero-order valence-electron chi connectivity index (χ0n) is 53.7. The first-order chi connectivity index (χ1) is 44.2. The van der Waals surface area contributed by atoms with Crippen LogP contribution < -0.4 is 0 Å². The van der Waals surface area contributed by atoms with E-state index in [1.54, 1.807) is 0 Å². The van der Waals surface area contributed by atoms with Crippen LogP contribution in [0, 0.1) is 0 Å². The first-order valence-corrected chi connectivity index (χ1v) is 30.0. The normalized spacial score (nSPS) is 48.7. The van der Waals surface area contributed by atoms with Crippen molar-refractivity contribution in [1.82, 2.24) is 0 Å². The second-order valence-corrected chi connectivity index (χ2v) is 22.6. The molecule has 35 nitrogen and oxygen atoms in total. The molecule has 21 heterocycles. The van der Waals surface area contributed by atoms with Crippen LogP contribution in [0.3, 0.4) is 0 Å². The van der Waals surface area contributed by atoms with Gasteiger partial charge >= 0.3 is 0 Å². The quantitative estimate of drug-likeness (QED) is 0.0562. The lowest BCUT2D eigenvalue weighted by Gasteiger charge is -2.52. The van der Waals surface area contributed by atoms with Gasteiger partial charge in [-0.25, -0.2) is 0 Å². The maximum absolute atomic E-state index is 11.1. The number of ether oxygens (including phenoxy) is 28. The van der Waals surface area contributed by atoms with Crippen LogP contribution in [-0.4, -0.2) is 396 Å². The minimum absolute atomic E-state index is 0.692. The van der Waals surface area contributed by atoms with E-state index in [-0.39, 0.29) is 0 Å². The Morgan fingerprint density at radius 1 is 0.165 bits per heavy atom. The lowest BCUT2D eigenvalue weighted by molar-refractivity contribution is -0.402. The van der Waals surface area contributed by atoms with Crippen molar-refractivity contribution >= 4 is 0 Å². The first-order valence-electron chi connectivity index (χ1n) is 30.0. The third-order valence-corrected chi connectivity index (χ3v) is 18.2. The fourth-order valence-electron chi connectivity index (χ4n) is 13.8. The van der Waals surface area contributed by atoms with Crippen LogP contribution in [0.25, 0.3) is 0 Å². The average Bonchev–Trinajstić information content (AvgIpc) is 0.796. The van der Waals surface area contributed by atoms with Gasteiger partial charge in [0.05, 0.1) is 46.2 Å². The molecule has 21 aliphatic heterocycles. The van der Waals surface area contributed by atoms with E-state index in [0.717, 1.165) is 0 Å².